The van der Waals surface area contributed by atoms with Crippen molar-refractivity contribution in [1.29, 1.82) is 0 Å². The third kappa shape index (κ3) is 2.01. The summed E-state index contributed by atoms with van der Waals surface area (Å²) < 4.78 is 6.03. The van der Waals surface area contributed by atoms with Gasteiger partial charge in [0.15, 0.2) is 0 Å². The maximum Gasteiger partial charge on any atom is 0.265 e. The molecule has 0 bridgehead atoms. The highest BCUT2D eigenvalue weighted by Crippen LogP contribution is 2.29. The Morgan fingerprint density at radius 3 is 2.75 bits per heavy atom. The molecule has 0 unspecified atom stereocenters. The van der Waals surface area contributed by atoms with Gasteiger partial charge < -0.3 is 15.2 Å². The Hall–Kier alpha value is -1.56. The Morgan fingerprint density at radius 1 is 1.38 bits per heavy atom. The highest BCUT2D eigenvalue weighted by molar-refractivity contribution is 9.10. The van der Waals surface area contributed by atoms with Crippen LogP contribution in [0.2, 0.25) is 0 Å². The molecule has 0 aliphatic carbocycles. The standard InChI is InChI=1S/C10H11BrN4O/c1-15(2)10-13-9(16-14-10)7-5-6(12)3-4-8(7)11/h3-5H,12H2,1-2H3. The van der Waals surface area contributed by atoms with E-state index in [1.54, 1.807) is 17.0 Å². The van der Waals surface area contributed by atoms with Crippen LogP contribution < -0.4 is 10.6 Å². The van der Waals surface area contributed by atoms with Crippen molar-refractivity contribution in [2.45, 2.75) is 0 Å². The molecule has 0 fully saturated rings. The first-order valence-electron chi connectivity index (χ1n) is 4.64. The van der Waals surface area contributed by atoms with E-state index in [1.807, 2.05) is 20.2 Å². The summed E-state index contributed by atoms with van der Waals surface area (Å²) in [7, 11) is 3.70. The number of hydrogen-bond acceptors (Lipinski definition) is 5. The van der Waals surface area contributed by atoms with Crippen LogP contribution in [0.15, 0.2) is 27.2 Å². The van der Waals surface area contributed by atoms with Gasteiger partial charge in [0.25, 0.3) is 11.8 Å². The number of halogens is 1. The van der Waals surface area contributed by atoms with E-state index in [-0.39, 0.29) is 0 Å². The van der Waals surface area contributed by atoms with E-state index in [2.05, 4.69) is 26.1 Å². The van der Waals surface area contributed by atoms with Gasteiger partial charge in [-0.25, -0.2) is 0 Å². The molecular weight excluding hydrogens is 272 g/mol. The lowest BCUT2D eigenvalue weighted by Gasteiger charge is -2.03. The second-order valence-corrected chi connectivity index (χ2v) is 4.39. The largest absolute Gasteiger partial charge is 0.399 e. The monoisotopic (exact) mass is 282 g/mol. The number of anilines is 2. The Labute approximate surface area is 101 Å². The fraction of sp³-hybridized carbons (Fsp3) is 0.200. The summed E-state index contributed by atoms with van der Waals surface area (Å²) in [6.07, 6.45) is 0. The molecular formula is C10H11BrN4O. The third-order valence-electron chi connectivity index (χ3n) is 2.04. The lowest BCUT2D eigenvalue weighted by atomic mass is 10.2. The predicted molar refractivity (Wildman–Crippen MR) is 66.2 cm³/mol. The van der Waals surface area contributed by atoms with Crippen molar-refractivity contribution in [1.82, 2.24) is 10.1 Å². The Balaban J connectivity index is 2.46. The summed E-state index contributed by atoms with van der Waals surface area (Å²) in [6, 6.07) is 5.44. The SMILES string of the molecule is CN(C)c1noc(-c2cc(N)ccc2Br)n1. The summed E-state index contributed by atoms with van der Waals surface area (Å²) in [5.74, 6) is 0.979. The molecule has 5 nitrogen and oxygen atoms in total. The molecule has 1 aromatic carbocycles. The molecule has 84 valence electrons. The van der Waals surface area contributed by atoms with Crippen molar-refractivity contribution in [2.24, 2.45) is 0 Å². The second-order valence-electron chi connectivity index (χ2n) is 3.53. The average Bonchev–Trinajstić information content (AvgIpc) is 2.70. The van der Waals surface area contributed by atoms with Crippen LogP contribution in [0, 0.1) is 0 Å². The van der Waals surface area contributed by atoms with E-state index in [1.165, 1.54) is 0 Å². The van der Waals surface area contributed by atoms with Crippen LogP contribution in [-0.4, -0.2) is 24.2 Å². The van der Waals surface area contributed by atoms with Crippen LogP contribution in [0.25, 0.3) is 11.5 Å². The Kier molecular flexibility index (Phi) is 2.82. The smallest absolute Gasteiger partial charge is 0.265 e. The molecule has 0 spiro atoms. The van der Waals surface area contributed by atoms with Crippen molar-refractivity contribution < 1.29 is 4.52 Å². The summed E-state index contributed by atoms with van der Waals surface area (Å²) in [6.45, 7) is 0. The van der Waals surface area contributed by atoms with Crippen molar-refractivity contribution in [3.63, 3.8) is 0 Å². The number of nitrogens with two attached hydrogens (primary N) is 1. The van der Waals surface area contributed by atoms with Crippen molar-refractivity contribution >= 4 is 27.6 Å². The van der Waals surface area contributed by atoms with E-state index in [4.69, 9.17) is 10.3 Å². The number of nitrogens with zero attached hydrogens (tertiary/aromatic N) is 3. The van der Waals surface area contributed by atoms with Gasteiger partial charge in [-0.3, -0.25) is 0 Å². The zero-order chi connectivity index (χ0) is 11.7. The molecule has 0 aliphatic heterocycles. The zero-order valence-electron chi connectivity index (χ0n) is 8.94. The topological polar surface area (TPSA) is 68.2 Å². The van der Waals surface area contributed by atoms with Crippen LogP contribution in [0.1, 0.15) is 0 Å². The molecule has 0 saturated carbocycles. The molecule has 0 atom stereocenters. The zero-order valence-corrected chi connectivity index (χ0v) is 10.5. The van der Waals surface area contributed by atoms with E-state index in [0.717, 1.165) is 10.0 Å². The van der Waals surface area contributed by atoms with Crippen LogP contribution in [0.5, 0.6) is 0 Å². The van der Waals surface area contributed by atoms with Crippen molar-refractivity contribution in [2.75, 3.05) is 24.7 Å². The fourth-order valence-corrected chi connectivity index (χ4v) is 1.63. The molecule has 0 radical (unpaired) electrons. The number of aromatic nitrogens is 2. The number of rotatable bonds is 2. The molecule has 2 rings (SSSR count). The minimum atomic E-state index is 0.447. The van der Waals surface area contributed by atoms with Gasteiger partial charge in [0.1, 0.15) is 0 Å². The molecule has 1 heterocycles. The third-order valence-corrected chi connectivity index (χ3v) is 2.73. The lowest BCUT2D eigenvalue weighted by molar-refractivity contribution is 0.430. The molecule has 0 aliphatic rings. The minimum Gasteiger partial charge on any atom is -0.399 e. The normalized spacial score (nSPS) is 10.4. The van der Waals surface area contributed by atoms with Crippen LogP contribution in [-0.2, 0) is 0 Å². The summed E-state index contributed by atoms with van der Waals surface area (Å²) >= 11 is 3.42. The van der Waals surface area contributed by atoms with Crippen LogP contribution >= 0.6 is 15.9 Å². The second kappa shape index (κ2) is 4.13. The van der Waals surface area contributed by atoms with Crippen molar-refractivity contribution in [3.05, 3.63) is 22.7 Å². The van der Waals surface area contributed by atoms with Gasteiger partial charge in [0.2, 0.25) is 0 Å². The highest BCUT2D eigenvalue weighted by atomic mass is 79.9. The minimum absolute atomic E-state index is 0.447. The lowest BCUT2D eigenvalue weighted by Crippen LogP contribution is -2.10. The first kappa shape index (κ1) is 10.9. The maximum atomic E-state index is 5.71. The number of benzene rings is 1. The first-order valence-corrected chi connectivity index (χ1v) is 5.43. The quantitative estimate of drug-likeness (QED) is 0.855. The van der Waals surface area contributed by atoms with E-state index in [0.29, 0.717) is 17.5 Å². The molecule has 2 N–H and O–H groups in total. The Morgan fingerprint density at radius 2 is 2.12 bits per heavy atom. The average molecular weight is 283 g/mol. The van der Waals surface area contributed by atoms with E-state index in [9.17, 15) is 0 Å². The predicted octanol–water partition coefficient (Wildman–Crippen LogP) is 2.15. The fourth-order valence-electron chi connectivity index (χ4n) is 1.21. The summed E-state index contributed by atoms with van der Waals surface area (Å²) in [4.78, 5) is 6.02. The molecule has 6 heteroatoms. The summed E-state index contributed by atoms with van der Waals surface area (Å²) in [5.41, 5.74) is 7.16. The van der Waals surface area contributed by atoms with Gasteiger partial charge in [0, 0.05) is 24.3 Å². The van der Waals surface area contributed by atoms with Crippen LogP contribution in [0.4, 0.5) is 11.6 Å². The van der Waals surface area contributed by atoms with Crippen molar-refractivity contribution in [3.8, 4) is 11.5 Å². The van der Waals surface area contributed by atoms with Gasteiger partial charge in [-0.2, -0.15) is 4.98 Å². The number of nitrogen functional groups attached to an aromatic ring is 1. The van der Waals surface area contributed by atoms with Gasteiger partial charge in [-0.05, 0) is 39.3 Å². The van der Waals surface area contributed by atoms with E-state index < -0.39 is 0 Å². The van der Waals surface area contributed by atoms with Gasteiger partial charge in [-0.15, -0.1) is 0 Å². The van der Waals surface area contributed by atoms with Gasteiger partial charge >= 0.3 is 0 Å². The molecule has 2 aromatic rings. The Bertz CT molecular complexity index is 509. The molecule has 16 heavy (non-hydrogen) atoms. The van der Waals surface area contributed by atoms with E-state index >= 15 is 0 Å². The van der Waals surface area contributed by atoms with Gasteiger partial charge in [0.05, 0.1) is 5.56 Å². The molecule has 0 saturated heterocycles. The number of hydrogen-bond donors (Lipinski definition) is 1. The van der Waals surface area contributed by atoms with Crippen LogP contribution in [0.3, 0.4) is 0 Å². The maximum absolute atomic E-state index is 5.71. The molecule has 1 aromatic heterocycles. The summed E-state index contributed by atoms with van der Waals surface area (Å²) in [5, 5.41) is 3.84. The first-order chi connectivity index (χ1) is 7.58. The van der Waals surface area contributed by atoms with Gasteiger partial charge in [-0.1, -0.05) is 0 Å². The molecule has 0 amide bonds. The highest BCUT2D eigenvalue weighted by Gasteiger charge is 2.13.